The predicted molar refractivity (Wildman–Crippen MR) is 151 cm³/mol. The Kier molecular flexibility index (Phi) is 6.85. The van der Waals surface area contributed by atoms with Crippen LogP contribution < -0.4 is 0 Å². The normalized spacial score (nSPS) is 22.2. The number of hydrogen-bond acceptors (Lipinski definition) is 3. The number of piperidine rings is 1. The first-order valence-electron chi connectivity index (χ1n) is 15.3. The molecule has 2 aromatic carbocycles. The Morgan fingerprint density at radius 2 is 1.58 bits per heavy atom. The summed E-state index contributed by atoms with van der Waals surface area (Å²) in [5.74, 6) is -0.272. The summed E-state index contributed by atoms with van der Waals surface area (Å²) in [4.78, 5) is 31.0. The van der Waals surface area contributed by atoms with E-state index < -0.39 is 23.2 Å². The van der Waals surface area contributed by atoms with Crippen LogP contribution in [0.5, 0.6) is 0 Å². The quantitative estimate of drug-likeness (QED) is 0.295. The minimum absolute atomic E-state index is 0.0301. The molecule has 7 rings (SSSR count). The van der Waals surface area contributed by atoms with E-state index in [0.717, 1.165) is 43.0 Å². The Hall–Kier alpha value is -3.69. The lowest BCUT2D eigenvalue weighted by atomic mass is 9.92. The molecule has 2 saturated heterocycles. The molecule has 0 N–H and O–H groups in total. The Morgan fingerprint density at radius 1 is 0.884 bits per heavy atom. The second-order valence-corrected chi connectivity index (χ2v) is 12.5. The van der Waals surface area contributed by atoms with Crippen LogP contribution in [0, 0.1) is 5.82 Å². The van der Waals surface area contributed by atoms with Gasteiger partial charge in [0.1, 0.15) is 5.82 Å². The van der Waals surface area contributed by atoms with Crippen molar-refractivity contribution in [3.63, 3.8) is 0 Å². The van der Waals surface area contributed by atoms with E-state index in [4.69, 9.17) is 0 Å². The highest BCUT2D eigenvalue weighted by atomic mass is 19.4. The monoisotopic (exact) mass is 594 g/mol. The third kappa shape index (κ3) is 5.02. The number of nitrogens with zero attached hydrogens (tertiary/aromatic N) is 4. The zero-order valence-corrected chi connectivity index (χ0v) is 23.8. The number of hydrogen-bond donors (Lipinski definition) is 0. The number of aromatic nitrogens is 2. The van der Waals surface area contributed by atoms with Gasteiger partial charge in [-0.25, -0.2) is 4.39 Å². The molecule has 3 aromatic rings. The summed E-state index contributed by atoms with van der Waals surface area (Å²) in [6, 6.07) is 11.2. The molecule has 0 spiro atoms. The highest BCUT2D eigenvalue weighted by Gasteiger charge is 2.53. The molecule has 1 unspecified atom stereocenters. The first-order chi connectivity index (χ1) is 20.7. The van der Waals surface area contributed by atoms with E-state index in [1.165, 1.54) is 24.3 Å². The van der Waals surface area contributed by atoms with Crippen molar-refractivity contribution in [3.8, 4) is 0 Å². The molecule has 226 valence electrons. The smallest absolute Gasteiger partial charge is 0.342 e. The summed E-state index contributed by atoms with van der Waals surface area (Å²) < 4.78 is 56.9. The number of rotatable bonds is 6. The van der Waals surface area contributed by atoms with Crippen LogP contribution in [0.2, 0.25) is 0 Å². The van der Waals surface area contributed by atoms with Crippen molar-refractivity contribution in [3.05, 3.63) is 88.5 Å². The summed E-state index contributed by atoms with van der Waals surface area (Å²) in [7, 11) is 0. The van der Waals surface area contributed by atoms with Crippen LogP contribution in [0.15, 0.2) is 54.7 Å². The maximum absolute atomic E-state index is 14.0. The topological polar surface area (TPSA) is 58.4 Å². The van der Waals surface area contributed by atoms with Crippen molar-refractivity contribution in [1.82, 2.24) is 19.6 Å². The van der Waals surface area contributed by atoms with Gasteiger partial charge in [-0.15, -0.1) is 0 Å². The average Bonchev–Trinajstić information content (AvgIpc) is 3.92. The van der Waals surface area contributed by atoms with Crippen LogP contribution in [0.25, 0.3) is 0 Å². The molecule has 0 radical (unpaired) electrons. The molecule has 6 nitrogen and oxygen atoms in total. The number of carbonyl (C=O) groups is 2. The van der Waals surface area contributed by atoms with Crippen LogP contribution in [-0.4, -0.2) is 51.0 Å². The van der Waals surface area contributed by atoms with E-state index in [1.807, 2.05) is 9.58 Å². The maximum atomic E-state index is 14.0. The molecular weight excluding hydrogens is 560 g/mol. The third-order valence-corrected chi connectivity index (χ3v) is 9.82. The number of amides is 2. The molecule has 4 fully saturated rings. The van der Waals surface area contributed by atoms with E-state index in [0.29, 0.717) is 50.9 Å². The number of halogens is 4. The lowest BCUT2D eigenvalue weighted by Gasteiger charge is -2.35. The molecule has 4 aliphatic rings. The zero-order valence-electron chi connectivity index (χ0n) is 23.8. The molecular formula is C33H34F4N4O2. The summed E-state index contributed by atoms with van der Waals surface area (Å²) >= 11 is 0. The molecule has 2 aliphatic carbocycles. The molecule has 1 atom stereocenters. The molecule has 1 aromatic heterocycles. The largest absolute Gasteiger partial charge is 0.416 e. The molecule has 2 aliphatic heterocycles. The van der Waals surface area contributed by atoms with E-state index in [9.17, 15) is 27.2 Å². The van der Waals surface area contributed by atoms with Crippen molar-refractivity contribution < 1.29 is 27.2 Å². The Labute approximate surface area is 247 Å². The lowest BCUT2D eigenvalue weighted by Crippen LogP contribution is -2.44. The Morgan fingerprint density at radius 3 is 2.23 bits per heavy atom. The van der Waals surface area contributed by atoms with Gasteiger partial charge in [0.15, 0.2) is 0 Å². The maximum Gasteiger partial charge on any atom is 0.416 e. The van der Waals surface area contributed by atoms with E-state index in [1.54, 1.807) is 29.3 Å². The molecule has 2 amide bonds. The van der Waals surface area contributed by atoms with Gasteiger partial charge in [-0.2, -0.15) is 18.3 Å². The summed E-state index contributed by atoms with van der Waals surface area (Å²) in [6.45, 7) is 1.55. The van der Waals surface area contributed by atoms with Crippen LogP contribution in [0.3, 0.4) is 0 Å². The average molecular weight is 595 g/mol. The van der Waals surface area contributed by atoms with Gasteiger partial charge in [-0.05, 0) is 80.7 Å². The van der Waals surface area contributed by atoms with Gasteiger partial charge in [0.25, 0.3) is 5.91 Å². The molecule has 2 saturated carbocycles. The van der Waals surface area contributed by atoms with Crippen molar-refractivity contribution in [1.29, 1.82) is 0 Å². The fourth-order valence-electron chi connectivity index (χ4n) is 7.26. The van der Waals surface area contributed by atoms with Gasteiger partial charge in [-0.1, -0.05) is 30.3 Å². The second kappa shape index (κ2) is 10.5. The molecule has 0 bridgehead atoms. The van der Waals surface area contributed by atoms with E-state index in [-0.39, 0.29) is 35.2 Å². The van der Waals surface area contributed by atoms with E-state index in [2.05, 4.69) is 5.10 Å². The third-order valence-electron chi connectivity index (χ3n) is 9.82. The summed E-state index contributed by atoms with van der Waals surface area (Å²) in [5.41, 5.74) is 1.14. The van der Waals surface area contributed by atoms with Crippen molar-refractivity contribution in [2.24, 2.45) is 0 Å². The Bertz CT molecular complexity index is 1530. The van der Waals surface area contributed by atoms with Crippen LogP contribution in [0.4, 0.5) is 17.6 Å². The first-order valence-corrected chi connectivity index (χ1v) is 15.3. The molecule has 3 heterocycles. The zero-order chi connectivity index (χ0) is 29.9. The fraction of sp³-hybridized carbons (Fsp3) is 0.485. The van der Waals surface area contributed by atoms with Crippen molar-refractivity contribution in [2.45, 2.75) is 81.0 Å². The summed E-state index contributed by atoms with van der Waals surface area (Å²) in [6.07, 6.45) is 3.06. The van der Waals surface area contributed by atoms with Crippen LogP contribution in [-0.2, 0) is 16.4 Å². The van der Waals surface area contributed by atoms with Gasteiger partial charge >= 0.3 is 6.18 Å². The fourth-order valence-corrected chi connectivity index (χ4v) is 7.26. The number of benzene rings is 2. The summed E-state index contributed by atoms with van der Waals surface area (Å²) in [5, 5.41) is 4.69. The van der Waals surface area contributed by atoms with Gasteiger partial charge in [0.05, 0.1) is 40.5 Å². The predicted octanol–water partition coefficient (Wildman–Crippen LogP) is 6.79. The standard InChI is InChI=1S/C33H34F4N4O2/c34-23-11-9-22(10-12-23)32(15-16-32)31(43)39-18-13-24(14-19-39)41-29(21-7-8-21)26(20-38-41)30(42)40-17-3-6-28(40)25-4-1-2-5-27(25)33(35,36)37/h1-2,4-5,9-12,20-21,24,28H,3,6-8,13-19H2. The SMILES string of the molecule is O=C(c1cnn(C2CCN(C(=O)C3(c4ccc(F)cc4)CC3)CC2)c1C1CC1)N1CCCC1c1ccccc1C(F)(F)F. The lowest BCUT2D eigenvalue weighted by molar-refractivity contribution is -0.138. The van der Waals surface area contributed by atoms with Gasteiger partial charge in [0.2, 0.25) is 5.91 Å². The minimum Gasteiger partial charge on any atom is -0.342 e. The van der Waals surface area contributed by atoms with Crippen LogP contribution >= 0.6 is 0 Å². The highest BCUT2D eigenvalue weighted by molar-refractivity contribution is 5.96. The van der Waals surface area contributed by atoms with Gasteiger partial charge < -0.3 is 9.80 Å². The number of alkyl halides is 3. The molecule has 10 heteroatoms. The van der Waals surface area contributed by atoms with Gasteiger partial charge in [0, 0.05) is 25.6 Å². The Balaban J connectivity index is 1.09. The van der Waals surface area contributed by atoms with Crippen molar-refractivity contribution >= 4 is 11.8 Å². The van der Waals surface area contributed by atoms with Gasteiger partial charge in [-0.3, -0.25) is 14.3 Å². The number of carbonyl (C=O) groups excluding carboxylic acids is 2. The minimum atomic E-state index is -4.49. The first kappa shape index (κ1) is 28.1. The second-order valence-electron chi connectivity index (χ2n) is 12.5. The molecule has 43 heavy (non-hydrogen) atoms. The van der Waals surface area contributed by atoms with Crippen LogP contribution in [0.1, 0.15) is 102 Å². The number of likely N-dealkylation sites (tertiary alicyclic amines) is 2. The van der Waals surface area contributed by atoms with E-state index >= 15 is 0 Å². The van der Waals surface area contributed by atoms with Crippen molar-refractivity contribution in [2.75, 3.05) is 19.6 Å². The highest BCUT2D eigenvalue weighted by Crippen LogP contribution is 2.50.